The third kappa shape index (κ3) is 2.89. The van der Waals surface area contributed by atoms with E-state index in [1.165, 1.54) is 16.3 Å². The van der Waals surface area contributed by atoms with Crippen molar-refractivity contribution < 1.29 is 0 Å². The van der Waals surface area contributed by atoms with Crippen LogP contribution in [0.25, 0.3) is 48.6 Å². The minimum atomic E-state index is 0.0152. The minimum absolute atomic E-state index is 0.0152. The fourth-order valence-electron chi connectivity index (χ4n) is 4.21. The molecular weight excluding hydrogens is 366 g/mol. The van der Waals surface area contributed by atoms with Crippen LogP contribution in [0.3, 0.4) is 0 Å². The highest BCUT2D eigenvalue weighted by atomic mass is 14.8. The Labute approximate surface area is 175 Å². The second-order valence-corrected chi connectivity index (χ2v) is 8.70. The summed E-state index contributed by atoms with van der Waals surface area (Å²) in [6.45, 7) is 14.0. The van der Waals surface area contributed by atoms with Crippen LogP contribution < -0.4 is 0 Å². The van der Waals surface area contributed by atoms with Gasteiger partial charge in [-0.15, -0.1) is 0 Å². The van der Waals surface area contributed by atoms with E-state index in [1.54, 1.807) is 6.33 Å². The zero-order valence-electron chi connectivity index (χ0n) is 17.3. The lowest BCUT2D eigenvalue weighted by molar-refractivity contribution is 0.596. The van der Waals surface area contributed by atoms with Gasteiger partial charge in [-0.25, -0.2) is 14.8 Å². The summed E-state index contributed by atoms with van der Waals surface area (Å²) in [4.78, 5) is 12.8. The number of fused-ring (bicyclic) bond motifs is 4. The van der Waals surface area contributed by atoms with E-state index in [0.717, 1.165) is 32.9 Å². The highest BCUT2D eigenvalue weighted by Crippen LogP contribution is 2.37. The number of hydrogen-bond donors (Lipinski definition) is 0. The van der Waals surface area contributed by atoms with E-state index >= 15 is 0 Å². The highest BCUT2D eigenvalue weighted by molar-refractivity contribution is 6.10. The molecule has 1 heterocycles. The Kier molecular flexibility index (Phi) is 4.04. The van der Waals surface area contributed by atoms with Gasteiger partial charge in [-0.05, 0) is 45.3 Å². The van der Waals surface area contributed by atoms with E-state index in [0.29, 0.717) is 5.69 Å². The number of benzene rings is 4. The van der Waals surface area contributed by atoms with Crippen molar-refractivity contribution >= 4 is 38.1 Å². The van der Waals surface area contributed by atoms with Crippen molar-refractivity contribution in [1.82, 2.24) is 9.97 Å². The van der Waals surface area contributed by atoms with Crippen molar-refractivity contribution in [3.8, 4) is 11.3 Å². The number of hydrogen-bond acceptors (Lipinski definition) is 2. The van der Waals surface area contributed by atoms with Crippen LogP contribution in [0, 0.1) is 6.57 Å². The molecule has 0 bridgehead atoms. The average Bonchev–Trinajstić information content (AvgIpc) is 2.76. The normalized spacial score (nSPS) is 11.8. The summed E-state index contributed by atoms with van der Waals surface area (Å²) >= 11 is 0. The molecular formula is C27H21N3. The van der Waals surface area contributed by atoms with Gasteiger partial charge in [0, 0.05) is 16.3 Å². The largest absolute Gasteiger partial charge is 0.238 e. The van der Waals surface area contributed by atoms with Crippen LogP contribution in [0.5, 0.6) is 0 Å². The van der Waals surface area contributed by atoms with Gasteiger partial charge in [0.1, 0.15) is 6.33 Å². The molecule has 0 aliphatic rings. The van der Waals surface area contributed by atoms with Crippen molar-refractivity contribution in [3.05, 3.63) is 90.0 Å². The molecule has 0 aliphatic heterocycles. The monoisotopic (exact) mass is 387 g/mol. The van der Waals surface area contributed by atoms with E-state index in [1.807, 2.05) is 18.2 Å². The van der Waals surface area contributed by atoms with Crippen molar-refractivity contribution in [2.24, 2.45) is 0 Å². The SMILES string of the molecule is [C-]#[N+]c1ccc2c(ccc3c(-c4cc(C(C)(C)C)c5ccccc5c4)ncnc32)c1. The van der Waals surface area contributed by atoms with Crippen molar-refractivity contribution in [1.29, 1.82) is 0 Å². The van der Waals surface area contributed by atoms with Crippen LogP contribution in [0.4, 0.5) is 5.69 Å². The van der Waals surface area contributed by atoms with Gasteiger partial charge >= 0.3 is 0 Å². The van der Waals surface area contributed by atoms with Crippen LogP contribution in [0.15, 0.2) is 73.1 Å². The van der Waals surface area contributed by atoms with E-state index in [2.05, 4.69) is 84.1 Å². The Morgan fingerprint density at radius 2 is 1.53 bits per heavy atom. The molecule has 0 radical (unpaired) electrons. The molecule has 0 N–H and O–H groups in total. The van der Waals surface area contributed by atoms with Gasteiger partial charge in [0.15, 0.2) is 5.69 Å². The lowest BCUT2D eigenvalue weighted by Gasteiger charge is -2.23. The summed E-state index contributed by atoms with van der Waals surface area (Å²) in [6.07, 6.45) is 1.64. The standard InChI is InChI=1S/C27H21N3/c1-27(2,3)24-15-19(13-17-7-5-6-8-21(17)24)25-23-11-9-18-14-20(28-4)10-12-22(18)26(23)30-16-29-25/h5-16H,1-3H3. The first-order valence-corrected chi connectivity index (χ1v) is 10.0. The zero-order valence-corrected chi connectivity index (χ0v) is 17.3. The van der Waals surface area contributed by atoms with Crippen molar-refractivity contribution in [2.45, 2.75) is 26.2 Å². The van der Waals surface area contributed by atoms with Gasteiger partial charge in [-0.3, -0.25) is 0 Å². The molecule has 0 saturated carbocycles. The first-order valence-electron chi connectivity index (χ1n) is 10.0. The molecule has 1 aromatic heterocycles. The maximum atomic E-state index is 7.26. The second kappa shape index (κ2) is 6.64. The maximum absolute atomic E-state index is 7.26. The molecule has 0 atom stereocenters. The Morgan fingerprint density at radius 1 is 0.767 bits per heavy atom. The third-order valence-corrected chi connectivity index (χ3v) is 5.68. The quantitative estimate of drug-likeness (QED) is 0.221. The van der Waals surface area contributed by atoms with Crippen LogP contribution in [0.2, 0.25) is 0 Å². The predicted molar refractivity (Wildman–Crippen MR) is 125 cm³/mol. The lowest BCUT2D eigenvalue weighted by atomic mass is 9.82. The summed E-state index contributed by atoms with van der Waals surface area (Å²) in [5.74, 6) is 0. The van der Waals surface area contributed by atoms with Gasteiger partial charge in [-0.2, -0.15) is 0 Å². The summed E-state index contributed by atoms with van der Waals surface area (Å²) in [5, 5.41) is 5.59. The molecule has 0 spiro atoms. The van der Waals surface area contributed by atoms with E-state index in [4.69, 9.17) is 6.57 Å². The number of rotatable bonds is 1. The summed E-state index contributed by atoms with van der Waals surface area (Å²) in [7, 11) is 0. The smallest absolute Gasteiger partial charge is 0.187 e. The average molecular weight is 387 g/mol. The lowest BCUT2D eigenvalue weighted by Crippen LogP contribution is -2.12. The molecule has 3 heteroatoms. The first kappa shape index (κ1) is 18.3. The Balaban J connectivity index is 1.83. The fraction of sp³-hybridized carbons (Fsp3) is 0.148. The summed E-state index contributed by atoms with van der Waals surface area (Å²) in [6, 6.07) is 22.9. The fourth-order valence-corrected chi connectivity index (χ4v) is 4.21. The van der Waals surface area contributed by atoms with Gasteiger partial charge in [0.25, 0.3) is 0 Å². The summed E-state index contributed by atoms with van der Waals surface area (Å²) < 4.78 is 0. The molecule has 3 nitrogen and oxygen atoms in total. The topological polar surface area (TPSA) is 30.1 Å². The first-order chi connectivity index (χ1) is 14.5. The maximum Gasteiger partial charge on any atom is 0.187 e. The number of aromatic nitrogens is 2. The molecule has 4 aromatic carbocycles. The van der Waals surface area contributed by atoms with E-state index in [-0.39, 0.29) is 5.41 Å². The third-order valence-electron chi connectivity index (χ3n) is 5.68. The number of nitrogens with zero attached hydrogens (tertiary/aromatic N) is 3. The van der Waals surface area contributed by atoms with Crippen LogP contribution in [0.1, 0.15) is 26.3 Å². The Hall–Kier alpha value is -3.77. The van der Waals surface area contributed by atoms with Gasteiger partial charge in [-0.1, -0.05) is 69.3 Å². The Morgan fingerprint density at radius 3 is 2.33 bits per heavy atom. The van der Waals surface area contributed by atoms with Crippen LogP contribution in [-0.4, -0.2) is 9.97 Å². The van der Waals surface area contributed by atoms with Gasteiger partial charge < -0.3 is 0 Å². The second-order valence-electron chi connectivity index (χ2n) is 8.70. The molecule has 5 rings (SSSR count). The highest BCUT2D eigenvalue weighted by Gasteiger charge is 2.19. The van der Waals surface area contributed by atoms with Crippen molar-refractivity contribution in [2.75, 3.05) is 0 Å². The minimum Gasteiger partial charge on any atom is -0.238 e. The zero-order chi connectivity index (χ0) is 20.9. The van der Waals surface area contributed by atoms with Crippen LogP contribution in [-0.2, 0) is 5.41 Å². The van der Waals surface area contributed by atoms with Crippen LogP contribution >= 0.6 is 0 Å². The van der Waals surface area contributed by atoms with Crippen molar-refractivity contribution in [3.63, 3.8) is 0 Å². The van der Waals surface area contributed by atoms with E-state index < -0.39 is 0 Å². The molecule has 0 amide bonds. The molecule has 0 saturated heterocycles. The van der Waals surface area contributed by atoms with E-state index in [9.17, 15) is 0 Å². The van der Waals surface area contributed by atoms with Gasteiger partial charge in [0.2, 0.25) is 0 Å². The molecule has 30 heavy (non-hydrogen) atoms. The molecule has 0 unspecified atom stereocenters. The Bertz CT molecular complexity index is 1480. The molecule has 0 fully saturated rings. The predicted octanol–water partition coefficient (Wildman–Crippen LogP) is 7.45. The summed E-state index contributed by atoms with van der Waals surface area (Å²) in [5.41, 5.74) is 4.92. The molecule has 0 aliphatic carbocycles. The van der Waals surface area contributed by atoms with Gasteiger partial charge in [0.05, 0.1) is 17.8 Å². The molecule has 5 aromatic rings. The molecule has 144 valence electrons.